The number of carbonyl (C=O) groups is 1. The second-order valence-corrected chi connectivity index (χ2v) is 4.50. The predicted octanol–water partition coefficient (Wildman–Crippen LogP) is 2.60. The van der Waals surface area contributed by atoms with Crippen molar-refractivity contribution >= 4 is 21.7 Å². The van der Waals surface area contributed by atoms with Crippen molar-refractivity contribution in [3.63, 3.8) is 0 Å². The van der Waals surface area contributed by atoms with Crippen LogP contribution in [0.2, 0.25) is 0 Å². The van der Waals surface area contributed by atoms with Gasteiger partial charge in [-0.05, 0) is 0 Å². The van der Waals surface area contributed by atoms with E-state index in [9.17, 15) is 4.79 Å². The number of hydrogen-bond acceptors (Lipinski definition) is 1. The van der Waals surface area contributed by atoms with Crippen LogP contribution in [0.4, 0.5) is 0 Å². The van der Waals surface area contributed by atoms with E-state index in [0.717, 1.165) is 23.0 Å². The molecule has 2 aromatic rings. The molecular formula is C14H13BrNO+. The highest BCUT2D eigenvalue weighted by Crippen LogP contribution is 2.07. The summed E-state index contributed by atoms with van der Waals surface area (Å²) in [5.74, 6) is 0.0663. The highest BCUT2D eigenvalue weighted by Gasteiger charge is 2.09. The summed E-state index contributed by atoms with van der Waals surface area (Å²) < 4.78 is 2.04. The second-order valence-electron chi connectivity index (χ2n) is 3.71. The fraction of sp³-hybridized carbons (Fsp3) is 0.143. The summed E-state index contributed by atoms with van der Waals surface area (Å²) in [5, 5.41) is 0.906. The monoisotopic (exact) mass is 290 g/mol. The molecule has 86 valence electrons. The Morgan fingerprint density at radius 2 is 1.59 bits per heavy atom. The number of hydrogen-bond donors (Lipinski definition) is 0. The van der Waals surface area contributed by atoms with E-state index in [1.165, 1.54) is 0 Å². The molecule has 0 saturated carbocycles. The quantitative estimate of drug-likeness (QED) is 0.482. The Kier molecular flexibility index (Phi) is 4.04. The number of pyridine rings is 1. The Hall–Kier alpha value is -1.48. The van der Waals surface area contributed by atoms with Crippen LogP contribution in [0.15, 0.2) is 54.9 Å². The van der Waals surface area contributed by atoms with Crippen LogP contribution in [-0.4, -0.2) is 11.1 Å². The molecule has 0 fully saturated rings. The molecular weight excluding hydrogens is 278 g/mol. The van der Waals surface area contributed by atoms with E-state index in [2.05, 4.69) is 15.9 Å². The molecule has 0 amide bonds. The number of alkyl halides is 1. The van der Waals surface area contributed by atoms with Gasteiger partial charge in [-0.1, -0.05) is 46.3 Å². The summed E-state index contributed by atoms with van der Waals surface area (Å²) in [6.45, 7) is 0.903. The van der Waals surface area contributed by atoms with Gasteiger partial charge in [-0.25, -0.2) is 4.57 Å². The normalized spacial score (nSPS) is 10.2. The van der Waals surface area contributed by atoms with Gasteiger partial charge in [-0.3, -0.25) is 4.79 Å². The number of nitrogens with zero attached hydrogens (tertiary/aromatic N) is 1. The molecule has 0 spiro atoms. The summed E-state index contributed by atoms with van der Waals surface area (Å²) in [6, 6.07) is 13.0. The maximum Gasteiger partial charge on any atom is 0.193 e. The van der Waals surface area contributed by atoms with Crippen molar-refractivity contribution in [3.05, 3.63) is 66.0 Å². The zero-order chi connectivity index (χ0) is 12.1. The van der Waals surface area contributed by atoms with E-state index in [4.69, 9.17) is 0 Å². The molecule has 1 aromatic carbocycles. The van der Waals surface area contributed by atoms with Gasteiger partial charge in [0.1, 0.15) is 0 Å². The standard InChI is InChI=1S/C14H13BrNO/c15-8-11-16-9-6-13(7-10-16)14(17)12-4-2-1-3-5-12/h1-7,9-10H,8,11H2/q+1. The first kappa shape index (κ1) is 12.0. The predicted molar refractivity (Wildman–Crippen MR) is 70.3 cm³/mol. The maximum absolute atomic E-state index is 12.1. The Labute approximate surface area is 109 Å². The zero-order valence-corrected chi connectivity index (χ0v) is 10.9. The smallest absolute Gasteiger partial charge is 0.193 e. The van der Waals surface area contributed by atoms with Gasteiger partial charge in [-0.15, -0.1) is 0 Å². The average Bonchev–Trinajstić information content (AvgIpc) is 2.40. The lowest BCUT2D eigenvalue weighted by Crippen LogP contribution is -2.33. The highest BCUT2D eigenvalue weighted by molar-refractivity contribution is 9.09. The van der Waals surface area contributed by atoms with Crippen LogP contribution in [0.25, 0.3) is 0 Å². The number of halogens is 1. The molecule has 0 aliphatic rings. The van der Waals surface area contributed by atoms with Crippen molar-refractivity contribution in [2.75, 3.05) is 5.33 Å². The lowest BCUT2D eigenvalue weighted by Gasteiger charge is -2.00. The van der Waals surface area contributed by atoms with E-state index in [0.29, 0.717) is 0 Å². The molecule has 2 nitrogen and oxygen atoms in total. The van der Waals surface area contributed by atoms with Crippen LogP contribution in [0.5, 0.6) is 0 Å². The van der Waals surface area contributed by atoms with Crippen molar-refractivity contribution in [2.24, 2.45) is 0 Å². The summed E-state index contributed by atoms with van der Waals surface area (Å²) in [7, 11) is 0. The number of rotatable bonds is 4. The van der Waals surface area contributed by atoms with E-state index in [1.807, 2.05) is 59.4 Å². The summed E-state index contributed by atoms with van der Waals surface area (Å²) in [4.78, 5) is 12.1. The van der Waals surface area contributed by atoms with Crippen molar-refractivity contribution < 1.29 is 9.36 Å². The van der Waals surface area contributed by atoms with E-state index >= 15 is 0 Å². The van der Waals surface area contributed by atoms with E-state index in [1.54, 1.807) is 0 Å². The van der Waals surface area contributed by atoms with Gasteiger partial charge in [0.15, 0.2) is 24.7 Å². The third-order valence-electron chi connectivity index (χ3n) is 2.53. The first-order valence-corrected chi connectivity index (χ1v) is 6.58. The Bertz CT molecular complexity index is 493. The molecule has 2 rings (SSSR count). The van der Waals surface area contributed by atoms with Crippen molar-refractivity contribution in [1.82, 2.24) is 0 Å². The van der Waals surface area contributed by atoms with E-state index < -0.39 is 0 Å². The summed E-state index contributed by atoms with van der Waals surface area (Å²) in [5.41, 5.74) is 1.45. The van der Waals surface area contributed by atoms with Gasteiger partial charge >= 0.3 is 0 Å². The zero-order valence-electron chi connectivity index (χ0n) is 9.34. The molecule has 1 aromatic heterocycles. The number of benzene rings is 1. The first-order valence-electron chi connectivity index (χ1n) is 5.46. The molecule has 0 N–H and O–H groups in total. The van der Waals surface area contributed by atoms with E-state index in [-0.39, 0.29) is 5.78 Å². The van der Waals surface area contributed by atoms with Gasteiger partial charge in [0.05, 0.1) is 5.33 Å². The first-order chi connectivity index (χ1) is 8.31. The molecule has 0 unspecified atom stereocenters. The molecule has 1 heterocycles. The third-order valence-corrected chi connectivity index (χ3v) is 2.89. The van der Waals surface area contributed by atoms with Crippen molar-refractivity contribution in [3.8, 4) is 0 Å². The van der Waals surface area contributed by atoms with Crippen LogP contribution >= 0.6 is 15.9 Å². The van der Waals surface area contributed by atoms with Crippen molar-refractivity contribution in [2.45, 2.75) is 6.54 Å². The van der Waals surface area contributed by atoms with Gasteiger partial charge in [0, 0.05) is 23.3 Å². The van der Waals surface area contributed by atoms with Crippen LogP contribution < -0.4 is 4.57 Å². The average molecular weight is 291 g/mol. The Morgan fingerprint density at radius 1 is 1.00 bits per heavy atom. The highest BCUT2D eigenvalue weighted by atomic mass is 79.9. The lowest BCUT2D eigenvalue weighted by molar-refractivity contribution is -0.692. The largest absolute Gasteiger partial charge is 0.289 e. The van der Waals surface area contributed by atoms with Crippen LogP contribution in [0, 0.1) is 0 Å². The number of aromatic nitrogens is 1. The maximum atomic E-state index is 12.1. The Morgan fingerprint density at radius 3 is 2.18 bits per heavy atom. The van der Waals surface area contributed by atoms with Gasteiger partial charge in [0.2, 0.25) is 0 Å². The van der Waals surface area contributed by atoms with Gasteiger partial charge in [0.25, 0.3) is 0 Å². The Balaban J connectivity index is 2.20. The summed E-state index contributed by atoms with van der Waals surface area (Å²) in [6.07, 6.45) is 3.86. The molecule has 3 heteroatoms. The molecule has 0 atom stereocenters. The topological polar surface area (TPSA) is 20.9 Å². The molecule has 0 radical (unpaired) electrons. The van der Waals surface area contributed by atoms with Crippen molar-refractivity contribution in [1.29, 1.82) is 0 Å². The second kappa shape index (κ2) is 5.73. The fourth-order valence-electron chi connectivity index (χ4n) is 1.61. The van der Waals surface area contributed by atoms with Crippen LogP contribution in [-0.2, 0) is 6.54 Å². The summed E-state index contributed by atoms with van der Waals surface area (Å²) >= 11 is 3.38. The van der Waals surface area contributed by atoms with Gasteiger partial charge < -0.3 is 0 Å². The number of ketones is 1. The molecule has 0 aliphatic heterocycles. The number of aryl methyl sites for hydroxylation is 1. The lowest BCUT2D eigenvalue weighted by atomic mass is 10.0. The molecule has 17 heavy (non-hydrogen) atoms. The molecule has 0 saturated heterocycles. The molecule has 0 aliphatic carbocycles. The molecule has 0 bridgehead atoms. The third kappa shape index (κ3) is 3.01. The fourth-order valence-corrected chi connectivity index (χ4v) is 2.02. The minimum Gasteiger partial charge on any atom is -0.289 e. The van der Waals surface area contributed by atoms with Gasteiger partial charge in [-0.2, -0.15) is 0 Å². The van der Waals surface area contributed by atoms with Crippen LogP contribution in [0.1, 0.15) is 15.9 Å². The minimum absolute atomic E-state index is 0.0663. The van der Waals surface area contributed by atoms with Crippen LogP contribution in [0.3, 0.4) is 0 Å². The number of carbonyl (C=O) groups excluding carboxylic acids is 1. The SMILES string of the molecule is O=C(c1ccccc1)c1cc[n+](CCBr)cc1. The minimum atomic E-state index is 0.0663.